The Labute approximate surface area is 102 Å². The lowest BCUT2D eigenvalue weighted by atomic mass is 10.1. The molecule has 0 saturated carbocycles. The summed E-state index contributed by atoms with van der Waals surface area (Å²) in [7, 11) is 0. The van der Waals surface area contributed by atoms with Crippen LogP contribution in [0.4, 0.5) is 0 Å². The summed E-state index contributed by atoms with van der Waals surface area (Å²) in [6.07, 6.45) is 2.50. The molecule has 2 heterocycles. The SMILES string of the molecule is O=C1CN2CCCC2CN1Cc1ccccc1. The van der Waals surface area contributed by atoms with Crippen molar-refractivity contribution in [2.75, 3.05) is 19.6 Å². The summed E-state index contributed by atoms with van der Waals surface area (Å²) < 4.78 is 0. The van der Waals surface area contributed by atoms with Gasteiger partial charge in [0.25, 0.3) is 0 Å². The number of hydrogen-bond acceptors (Lipinski definition) is 2. The van der Waals surface area contributed by atoms with Crippen molar-refractivity contribution in [3.8, 4) is 0 Å². The van der Waals surface area contributed by atoms with E-state index in [1.54, 1.807) is 0 Å². The van der Waals surface area contributed by atoms with Crippen LogP contribution < -0.4 is 0 Å². The minimum atomic E-state index is 0.284. The fourth-order valence-electron chi connectivity index (χ4n) is 2.90. The number of nitrogens with zero attached hydrogens (tertiary/aromatic N) is 2. The summed E-state index contributed by atoms with van der Waals surface area (Å²) in [4.78, 5) is 16.4. The minimum absolute atomic E-state index is 0.284. The molecule has 2 fully saturated rings. The van der Waals surface area contributed by atoms with Gasteiger partial charge in [0.2, 0.25) is 5.91 Å². The Morgan fingerprint density at radius 1 is 1.24 bits per heavy atom. The first kappa shape index (κ1) is 10.8. The van der Waals surface area contributed by atoms with Crippen molar-refractivity contribution in [3.05, 3.63) is 35.9 Å². The molecule has 0 aliphatic carbocycles. The molecule has 1 unspecified atom stereocenters. The Kier molecular flexibility index (Phi) is 2.85. The van der Waals surface area contributed by atoms with Gasteiger partial charge in [0.05, 0.1) is 6.54 Å². The Hall–Kier alpha value is -1.35. The average molecular weight is 230 g/mol. The van der Waals surface area contributed by atoms with Gasteiger partial charge in [-0.05, 0) is 24.9 Å². The largest absolute Gasteiger partial charge is 0.336 e. The van der Waals surface area contributed by atoms with E-state index >= 15 is 0 Å². The van der Waals surface area contributed by atoms with Crippen molar-refractivity contribution in [2.24, 2.45) is 0 Å². The molecule has 3 heteroatoms. The van der Waals surface area contributed by atoms with E-state index in [1.165, 1.54) is 18.4 Å². The van der Waals surface area contributed by atoms with E-state index < -0.39 is 0 Å². The molecule has 2 aliphatic heterocycles. The second kappa shape index (κ2) is 4.49. The Morgan fingerprint density at radius 3 is 2.88 bits per heavy atom. The van der Waals surface area contributed by atoms with Gasteiger partial charge in [-0.3, -0.25) is 9.69 Å². The van der Waals surface area contributed by atoms with Gasteiger partial charge in [0, 0.05) is 19.1 Å². The molecule has 17 heavy (non-hydrogen) atoms. The second-order valence-electron chi connectivity index (χ2n) is 5.03. The zero-order chi connectivity index (χ0) is 11.7. The lowest BCUT2D eigenvalue weighted by molar-refractivity contribution is -0.138. The summed E-state index contributed by atoms with van der Waals surface area (Å²) in [5.41, 5.74) is 1.23. The summed E-state index contributed by atoms with van der Waals surface area (Å²) in [5.74, 6) is 0.284. The first-order chi connectivity index (χ1) is 8.33. The molecule has 0 spiro atoms. The molecule has 0 aromatic heterocycles. The highest BCUT2D eigenvalue weighted by molar-refractivity contribution is 5.79. The topological polar surface area (TPSA) is 23.6 Å². The van der Waals surface area contributed by atoms with E-state index in [4.69, 9.17) is 0 Å². The van der Waals surface area contributed by atoms with Crippen LogP contribution in [0.1, 0.15) is 18.4 Å². The summed E-state index contributed by atoms with van der Waals surface area (Å²) >= 11 is 0. The molecule has 2 aliphatic rings. The van der Waals surface area contributed by atoms with Crippen molar-refractivity contribution < 1.29 is 4.79 Å². The zero-order valence-electron chi connectivity index (χ0n) is 10.0. The van der Waals surface area contributed by atoms with Crippen molar-refractivity contribution in [2.45, 2.75) is 25.4 Å². The highest BCUT2D eigenvalue weighted by atomic mass is 16.2. The lowest BCUT2D eigenvalue weighted by Crippen LogP contribution is -2.53. The van der Waals surface area contributed by atoms with Crippen LogP contribution in [0, 0.1) is 0 Å². The van der Waals surface area contributed by atoms with Gasteiger partial charge in [-0.2, -0.15) is 0 Å². The number of piperazine rings is 1. The number of amides is 1. The van der Waals surface area contributed by atoms with Gasteiger partial charge >= 0.3 is 0 Å². The van der Waals surface area contributed by atoms with Gasteiger partial charge in [-0.1, -0.05) is 30.3 Å². The number of benzene rings is 1. The maximum atomic E-state index is 12.0. The van der Waals surface area contributed by atoms with E-state index in [9.17, 15) is 4.79 Å². The van der Waals surface area contributed by atoms with Crippen LogP contribution in [0.3, 0.4) is 0 Å². The Balaban J connectivity index is 1.69. The average Bonchev–Trinajstić information content (AvgIpc) is 2.78. The smallest absolute Gasteiger partial charge is 0.237 e. The lowest BCUT2D eigenvalue weighted by Gasteiger charge is -2.37. The Morgan fingerprint density at radius 2 is 2.06 bits per heavy atom. The van der Waals surface area contributed by atoms with Crippen LogP contribution in [-0.4, -0.2) is 41.4 Å². The third kappa shape index (κ3) is 2.20. The van der Waals surface area contributed by atoms with Crippen LogP contribution in [0.25, 0.3) is 0 Å². The molecule has 2 saturated heterocycles. The molecular formula is C14H18N2O. The van der Waals surface area contributed by atoms with Crippen LogP contribution in [0.15, 0.2) is 30.3 Å². The number of carbonyl (C=O) groups excluding carboxylic acids is 1. The first-order valence-corrected chi connectivity index (χ1v) is 6.39. The van der Waals surface area contributed by atoms with Gasteiger partial charge in [-0.15, -0.1) is 0 Å². The molecule has 1 atom stereocenters. The van der Waals surface area contributed by atoms with E-state index in [2.05, 4.69) is 17.0 Å². The highest BCUT2D eigenvalue weighted by Gasteiger charge is 2.34. The van der Waals surface area contributed by atoms with Gasteiger partial charge in [0.15, 0.2) is 0 Å². The second-order valence-corrected chi connectivity index (χ2v) is 5.03. The zero-order valence-corrected chi connectivity index (χ0v) is 10.0. The van der Waals surface area contributed by atoms with E-state index in [-0.39, 0.29) is 5.91 Å². The molecule has 0 N–H and O–H groups in total. The first-order valence-electron chi connectivity index (χ1n) is 6.39. The maximum Gasteiger partial charge on any atom is 0.237 e. The molecule has 0 radical (unpaired) electrons. The molecule has 90 valence electrons. The fourth-order valence-corrected chi connectivity index (χ4v) is 2.90. The van der Waals surface area contributed by atoms with E-state index in [1.807, 2.05) is 23.1 Å². The maximum absolute atomic E-state index is 12.0. The number of rotatable bonds is 2. The van der Waals surface area contributed by atoms with E-state index in [0.717, 1.165) is 19.6 Å². The van der Waals surface area contributed by atoms with Gasteiger partial charge in [-0.25, -0.2) is 0 Å². The van der Waals surface area contributed by atoms with Crippen LogP contribution in [0.2, 0.25) is 0 Å². The van der Waals surface area contributed by atoms with Crippen LogP contribution >= 0.6 is 0 Å². The predicted molar refractivity (Wildman–Crippen MR) is 66.5 cm³/mol. The molecular weight excluding hydrogens is 212 g/mol. The molecule has 1 amide bonds. The van der Waals surface area contributed by atoms with Crippen molar-refractivity contribution in [1.29, 1.82) is 0 Å². The van der Waals surface area contributed by atoms with Gasteiger partial charge in [0.1, 0.15) is 0 Å². The molecule has 1 aromatic carbocycles. The summed E-state index contributed by atoms with van der Waals surface area (Å²) in [6.45, 7) is 3.41. The summed E-state index contributed by atoms with van der Waals surface area (Å²) in [6, 6.07) is 10.9. The molecule has 0 bridgehead atoms. The monoisotopic (exact) mass is 230 g/mol. The van der Waals surface area contributed by atoms with Crippen LogP contribution in [-0.2, 0) is 11.3 Å². The fraction of sp³-hybridized carbons (Fsp3) is 0.500. The normalized spacial score (nSPS) is 25.1. The number of carbonyl (C=O) groups is 1. The van der Waals surface area contributed by atoms with E-state index in [0.29, 0.717) is 12.6 Å². The summed E-state index contributed by atoms with van der Waals surface area (Å²) in [5, 5.41) is 0. The quantitative estimate of drug-likeness (QED) is 0.768. The molecule has 3 rings (SSSR count). The van der Waals surface area contributed by atoms with Gasteiger partial charge < -0.3 is 4.90 Å². The predicted octanol–water partition coefficient (Wildman–Crippen LogP) is 1.49. The van der Waals surface area contributed by atoms with Crippen molar-refractivity contribution in [1.82, 2.24) is 9.80 Å². The Bertz CT molecular complexity index is 404. The molecule has 1 aromatic rings. The number of fused-ring (bicyclic) bond motifs is 1. The molecule has 3 nitrogen and oxygen atoms in total. The third-order valence-corrected chi connectivity index (χ3v) is 3.84. The van der Waals surface area contributed by atoms with Crippen molar-refractivity contribution in [3.63, 3.8) is 0 Å². The third-order valence-electron chi connectivity index (χ3n) is 3.84. The van der Waals surface area contributed by atoms with Crippen LogP contribution in [0.5, 0.6) is 0 Å². The van der Waals surface area contributed by atoms with Crippen molar-refractivity contribution >= 4 is 5.91 Å². The minimum Gasteiger partial charge on any atom is -0.336 e. The standard InChI is InChI=1S/C14H18N2O/c17-14-11-15-8-4-7-13(15)10-16(14)9-12-5-2-1-3-6-12/h1-3,5-6,13H,4,7-11H2. The highest BCUT2D eigenvalue weighted by Crippen LogP contribution is 2.23. The number of hydrogen-bond donors (Lipinski definition) is 0.